The molecule has 1 aromatic rings. The van der Waals surface area contributed by atoms with Crippen LogP contribution in [0.25, 0.3) is 0 Å². The van der Waals surface area contributed by atoms with Gasteiger partial charge in [-0.05, 0) is 24.3 Å². The van der Waals surface area contributed by atoms with E-state index in [1.54, 1.807) is 24.3 Å². The van der Waals surface area contributed by atoms with Crippen molar-refractivity contribution in [3.63, 3.8) is 0 Å². The second kappa shape index (κ2) is 11.8. The molecule has 8 heteroatoms. The fourth-order valence-corrected chi connectivity index (χ4v) is 1.05. The average molecular weight is 300 g/mol. The molecule has 0 bridgehead atoms. The van der Waals surface area contributed by atoms with Crippen LogP contribution in [0.5, 0.6) is 0 Å². The second-order valence-electron chi connectivity index (χ2n) is 3.03. The molecule has 0 radical (unpaired) electrons. The molecule has 6 nitrogen and oxygen atoms in total. The van der Waals surface area contributed by atoms with Crippen molar-refractivity contribution >= 4 is 23.3 Å². The first kappa shape index (κ1) is 21.3. The molecule has 1 aromatic carbocycles. The number of hydrogen-bond donors (Lipinski definition) is 2. The molecule has 0 heterocycles. The summed E-state index contributed by atoms with van der Waals surface area (Å²) in [5, 5.41) is 25.6. The molecule has 0 saturated heterocycles. The van der Waals surface area contributed by atoms with Crippen LogP contribution in [0.1, 0.15) is 0 Å². The fourth-order valence-electron chi connectivity index (χ4n) is 1.05. The standard InChI is InChI=1S/C10H12N2O4.2K/c13-9(14)5-11-7-1-2-8(4-3-7)12-6-10(15)16;;/h1-4,11-12H,5-6H2,(H,13,14)(H,15,16);;/q;2*+1/p-2. The van der Waals surface area contributed by atoms with Gasteiger partial charge in [-0.15, -0.1) is 0 Å². The van der Waals surface area contributed by atoms with E-state index in [-0.39, 0.29) is 116 Å². The van der Waals surface area contributed by atoms with Gasteiger partial charge in [-0.25, -0.2) is 0 Å². The minimum atomic E-state index is -1.20. The van der Waals surface area contributed by atoms with E-state index in [2.05, 4.69) is 10.6 Å². The number of anilines is 2. The van der Waals surface area contributed by atoms with Crippen molar-refractivity contribution in [2.45, 2.75) is 0 Å². The van der Waals surface area contributed by atoms with E-state index >= 15 is 0 Å². The maximum absolute atomic E-state index is 10.2. The first-order valence-corrected chi connectivity index (χ1v) is 4.55. The maximum atomic E-state index is 10.2. The Morgan fingerprint density at radius 2 is 1.11 bits per heavy atom. The summed E-state index contributed by atoms with van der Waals surface area (Å²) >= 11 is 0. The van der Waals surface area contributed by atoms with Crippen LogP contribution in [0.4, 0.5) is 11.4 Å². The molecule has 86 valence electrons. The third-order valence-corrected chi connectivity index (χ3v) is 1.76. The van der Waals surface area contributed by atoms with Crippen molar-refractivity contribution < 1.29 is 123 Å². The van der Waals surface area contributed by atoms with Gasteiger partial charge in [-0.1, -0.05) is 0 Å². The molecule has 1 rings (SSSR count). The Hall–Kier alpha value is 1.03. The summed E-state index contributed by atoms with van der Waals surface area (Å²) in [6.45, 7) is -0.544. The number of rotatable bonds is 6. The normalized spacial score (nSPS) is 8.44. The van der Waals surface area contributed by atoms with Crippen LogP contribution in [-0.2, 0) is 9.59 Å². The van der Waals surface area contributed by atoms with Crippen LogP contribution in [0.2, 0.25) is 0 Å². The molecule has 0 aliphatic rings. The van der Waals surface area contributed by atoms with E-state index < -0.39 is 11.9 Å². The van der Waals surface area contributed by atoms with E-state index in [9.17, 15) is 19.8 Å². The quantitative estimate of drug-likeness (QED) is 0.506. The van der Waals surface area contributed by atoms with Crippen LogP contribution in [0, 0.1) is 0 Å². The number of nitrogens with one attached hydrogen (secondary N) is 2. The van der Waals surface area contributed by atoms with Crippen molar-refractivity contribution in [3.05, 3.63) is 24.3 Å². The minimum Gasteiger partial charge on any atom is -0.548 e. The molecular formula is C10H10K2N2O4. The Balaban J connectivity index is 0. The molecule has 0 amide bonds. The zero-order chi connectivity index (χ0) is 12.0. The summed E-state index contributed by atoms with van der Waals surface area (Å²) < 4.78 is 0. The van der Waals surface area contributed by atoms with Crippen LogP contribution < -0.4 is 124 Å². The van der Waals surface area contributed by atoms with E-state index in [1.807, 2.05) is 0 Å². The van der Waals surface area contributed by atoms with E-state index in [4.69, 9.17) is 0 Å². The molecule has 0 saturated carbocycles. The van der Waals surface area contributed by atoms with E-state index in [0.29, 0.717) is 11.4 Å². The molecule has 0 atom stereocenters. The van der Waals surface area contributed by atoms with Crippen LogP contribution >= 0.6 is 0 Å². The van der Waals surface area contributed by atoms with Crippen LogP contribution in [-0.4, -0.2) is 25.0 Å². The predicted molar refractivity (Wildman–Crippen MR) is 53.4 cm³/mol. The zero-order valence-corrected chi connectivity index (χ0v) is 16.6. The topological polar surface area (TPSA) is 104 Å². The maximum Gasteiger partial charge on any atom is 1.00 e. The Kier molecular flexibility index (Phi) is 14.0. The zero-order valence-electron chi connectivity index (χ0n) is 10.4. The average Bonchev–Trinajstić information content (AvgIpc) is 2.25. The van der Waals surface area contributed by atoms with Gasteiger partial charge in [-0.2, -0.15) is 0 Å². The van der Waals surface area contributed by atoms with Crippen LogP contribution in [0.15, 0.2) is 24.3 Å². The van der Waals surface area contributed by atoms with Crippen molar-refractivity contribution in [1.82, 2.24) is 0 Å². The summed E-state index contributed by atoms with van der Waals surface area (Å²) in [7, 11) is 0. The molecular weight excluding hydrogens is 290 g/mol. The number of carbonyl (C=O) groups excluding carboxylic acids is 2. The first-order chi connectivity index (χ1) is 7.58. The van der Waals surface area contributed by atoms with Gasteiger partial charge < -0.3 is 30.4 Å². The second-order valence-corrected chi connectivity index (χ2v) is 3.03. The molecule has 2 N–H and O–H groups in total. The predicted octanol–water partition coefficient (Wildman–Crippen LogP) is -7.98. The van der Waals surface area contributed by atoms with Gasteiger partial charge >= 0.3 is 103 Å². The smallest absolute Gasteiger partial charge is 0.548 e. The van der Waals surface area contributed by atoms with Crippen molar-refractivity contribution in [2.24, 2.45) is 0 Å². The molecule has 0 aliphatic carbocycles. The third-order valence-electron chi connectivity index (χ3n) is 1.76. The summed E-state index contributed by atoms with van der Waals surface area (Å²) in [4.78, 5) is 20.3. The number of aliphatic carboxylic acids is 2. The van der Waals surface area contributed by atoms with Crippen molar-refractivity contribution in [3.8, 4) is 0 Å². The largest absolute Gasteiger partial charge is 1.00 e. The van der Waals surface area contributed by atoms with Gasteiger partial charge in [0.15, 0.2) is 0 Å². The monoisotopic (exact) mass is 300 g/mol. The number of carboxylic acids is 2. The van der Waals surface area contributed by atoms with E-state index in [1.165, 1.54) is 0 Å². The van der Waals surface area contributed by atoms with Crippen LogP contribution in [0.3, 0.4) is 0 Å². The Bertz CT molecular complexity index is 347. The van der Waals surface area contributed by atoms with Gasteiger partial charge in [0, 0.05) is 11.4 Å². The molecule has 0 aromatic heterocycles. The number of carbonyl (C=O) groups is 2. The Morgan fingerprint density at radius 1 is 0.833 bits per heavy atom. The molecule has 18 heavy (non-hydrogen) atoms. The van der Waals surface area contributed by atoms with E-state index in [0.717, 1.165) is 0 Å². The van der Waals surface area contributed by atoms with Gasteiger partial charge in [0.25, 0.3) is 0 Å². The summed E-state index contributed by atoms with van der Waals surface area (Å²) in [5.74, 6) is -2.39. The number of carboxylic acid groups (broad SMARTS) is 2. The van der Waals surface area contributed by atoms with Gasteiger partial charge in [0.1, 0.15) is 0 Å². The van der Waals surface area contributed by atoms with Gasteiger partial charge in [-0.3, -0.25) is 0 Å². The molecule has 0 unspecified atom stereocenters. The summed E-state index contributed by atoms with van der Waals surface area (Å²) in [6, 6.07) is 6.50. The fraction of sp³-hybridized carbons (Fsp3) is 0.200. The molecule has 0 aliphatic heterocycles. The Morgan fingerprint density at radius 3 is 1.33 bits per heavy atom. The summed E-state index contributed by atoms with van der Waals surface area (Å²) in [6.07, 6.45) is 0. The Labute approximate surface area is 190 Å². The minimum absolute atomic E-state index is 0. The molecule has 0 spiro atoms. The van der Waals surface area contributed by atoms with Crippen molar-refractivity contribution in [2.75, 3.05) is 23.7 Å². The third kappa shape index (κ3) is 9.90. The number of hydrogen-bond acceptors (Lipinski definition) is 6. The first-order valence-electron chi connectivity index (χ1n) is 4.55. The van der Waals surface area contributed by atoms with Gasteiger partial charge in [0.05, 0.1) is 25.0 Å². The number of benzene rings is 1. The van der Waals surface area contributed by atoms with Gasteiger partial charge in [0.2, 0.25) is 0 Å². The van der Waals surface area contributed by atoms with Crippen molar-refractivity contribution in [1.29, 1.82) is 0 Å². The molecule has 0 fully saturated rings. The summed E-state index contributed by atoms with van der Waals surface area (Å²) in [5.41, 5.74) is 1.23. The SMILES string of the molecule is O=C([O-])CNc1ccc(NCC(=O)[O-])cc1.[K+].[K+].